The average Bonchev–Trinajstić information content (AvgIpc) is 2.72. The number of halogens is 2. The quantitative estimate of drug-likeness (QED) is 0.869. The van der Waals surface area contributed by atoms with Gasteiger partial charge in [-0.3, -0.25) is 0 Å². The number of furan rings is 1. The van der Waals surface area contributed by atoms with E-state index in [-0.39, 0.29) is 0 Å². The van der Waals surface area contributed by atoms with Crippen LogP contribution in [0, 0.1) is 6.92 Å². The molecule has 0 fully saturated rings. The zero-order chi connectivity index (χ0) is 12.6. The highest BCUT2D eigenvalue weighted by molar-refractivity contribution is 9.10. The highest BCUT2D eigenvalue weighted by Crippen LogP contribution is 2.34. The van der Waals surface area contributed by atoms with Crippen LogP contribution in [0.2, 0.25) is 5.02 Å². The van der Waals surface area contributed by atoms with E-state index in [2.05, 4.69) is 15.9 Å². The first-order chi connectivity index (χ1) is 7.99. The molecule has 0 aliphatic heterocycles. The molecule has 1 heterocycles. The predicted octanol–water partition coefficient (Wildman–Crippen LogP) is 4.72. The second-order valence-corrected chi connectivity index (χ2v) is 5.22. The fraction of sp³-hybridized carbons (Fsp3) is 0.231. The lowest BCUT2D eigenvalue weighted by Crippen LogP contribution is -1.86. The number of aliphatic hydroxyl groups is 1. The normalized spacial score (nSPS) is 12.8. The van der Waals surface area contributed by atoms with E-state index in [1.165, 1.54) is 0 Å². The maximum Gasteiger partial charge on any atom is 0.135 e. The molecule has 1 aromatic heterocycles. The topological polar surface area (TPSA) is 33.4 Å². The first kappa shape index (κ1) is 12.7. The monoisotopic (exact) mass is 314 g/mol. The summed E-state index contributed by atoms with van der Waals surface area (Å²) in [5.74, 6) is 1.23. The molecular weight excluding hydrogens is 303 g/mol. The molecule has 90 valence electrons. The van der Waals surface area contributed by atoms with Gasteiger partial charge in [0, 0.05) is 15.1 Å². The zero-order valence-electron chi connectivity index (χ0n) is 9.50. The third-order valence-corrected chi connectivity index (χ3v) is 3.62. The maximum absolute atomic E-state index is 9.42. The van der Waals surface area contributed by atoms with E-state index < -0.39 is 6.10 Å². The molecule has 1 N–H and O–H groups in total. The number of aryl methyl sites for hydroxylation is 1. The van der Waals surface area contributed by atoms with Crippen molar-refractivity contribution in [3.05, 3.63) is 45.1 Å². The molecule has 2 rings (SSSR count). The highest BCUT2D eigenvalue weighted by Gasteiger charge is 2.12. The lowest BCUT2D eigenvalue weighted by Gasteiger charge is -2.05. The second-order valence-electron chi connectivity index (χ2n) is 3.96. The zero-order valence-corrected chi connectivity index (χ0v) is 11.8. The van der Waals surface area contributed by atoms with Gasteiger partial charge in [-0.25, -0.2) is 0 Å². The number of rotatable bonds is 2. The minimum atomic E-state index is -0.608. The van der Waals surface area contributed by atoms with E-state index in [0.717, 1.165) is 15.6 Å². The molecule has 0 saturated carbocycles. The van der Waals surface area contributed by atoms with Crippen LogP contribution in [-0.2, 0) is 0 Å². The van der Waals surface area contributed by atoms with Crippen LogP contribution in [0.5, 0.6) is 0 Å². The first-order valence-corrected chi connectivity index (χ1v) is 6.40. The Labute approximate surface area is 113 Å². The van der Waals surface area contributed by atoms with Crippen LogP contribution in [0.25, 0.3) is 11.3 Å². The summed E-state index contributed by atoms with van der Waals surface area (Å²) >= 11 is 9.58. The van der Waals surface area contributed by atoms with Crippen molar-refractivity contribution in [3.63, 3.8) is 0 Å². The van der Waals surface area contributed by atoms with Crippen LogP contribution < -0.4 is 0 Å². The molecule has 0 aliphatic rings. The minimum absolute atomic E-state index is 0.545. The van der Waals surface area contributed by atoms with Crippen molar-refractivity contribution in [2.75, 3.05) is 0 Å². The van der Waals surface area contributed by atoms with E-state index >= 15 is 0 Å². The molecule has 2 aromatic rings. The number of hydrogen-bond donors (Lipinski definition) is 1. The van der Waals surface area contributed by atoms with Gasteiger partial charge < -0.3 is 9.52 Å². The molecule has 0 spiro atoms. The van der Waals surface area contributed by atoms with Gasteiger partial charge in [0.05, 0.1) is 0 Å². The Kier molecular flexibility index (Phi) is 3.61. The Balaban J connectivity index is 2.49. The summed E-state index contributed by atoms with van der Waals surface area (Å²) in [7, 11) is 0. The molecule has 2 nitrogen and oxygen atoms in total. The van der Waals surface area contributed by atoms with E-state index in [9.17, 15) is 5.11 Å². The molecule has 4 heteroatoms. The SMILES string of the molecule is Cc1cc(Br)c(-c2ccc(C(C)O)o2)cc1Cl. The summed E-state index contributed by atoms with van der Waals surface area (Å²) in [5.41, 5.74) is 1.89. The largest absolute Gasteiger partial charge is 0.458 e. The Morgan fingerprint density at radius 3 is 2.65 bits per heavy atom. The lowest BCUT2D eigenvalue weighted by molar-refractivity contribution is 0.170. The molecule has 0 radical (unpaired) electrons. The molecule has 1 atom stereocenters. The van der Waals surface area contributed by atoms with E-state index in [0.29, 0.717) is 16.5 Å². The summed E-state index contributed by atoms with van der Waals surface area (Å²) in [4.78, 5) is 0. The fourth-order valence-corrected chi connectivity index (χ4v) is 2.37. The Hall–Kier alpha value is -0.770. The first-order valence-electron chi connectivity index (χ1n) is 5.23. The van der Waals surface area contributed by atoms with Gasteiger partial charge in [0.1, 0.15) is 17.6 Å². The van der Waals surface area contributed by atoms with E-state index in [1.54, 1.807) is 13.0 Å². The third-order valence-electron chi connectivity index (χ3n) is 2.55. The van der Waals surface area contributed by atoms with Crippen molar-refractivity contribution in [1.82, 2.24) is 0 Å². The predicted molar refractivity (Wildman–Crippen MR) is 72.2 cm³/mol. The van der Waals surface area contributed by atoms with Crippen LogP contribution in [0.1, 0.15) is 24.4 Å². The Morgan fingerprint density at radius 2 is 2.06 bits per heavy atom. The van der Waals surface area contributed by atoms with Gasteiger partial charge in [0.15, 0.2) is 0 Å². The van der Waals surface area contributed by atoms with Crippen LogP contribution >= 0.6 is 27.5 Å². The van der Waals surface area contributed by atoms with Crippen molar-refractivity contribution >= 4 is 27.5 Å². The molecule has 0 aliphatic carbocycles. The van der Waals surface area contributed by atoms with Gasteiger partial charge in [-0.1, -0.05) is 27.5 Å². The van der Waals surface area contributed by atoms with Crippen molar-refractivity contribution < 1.29 is 9.52 Å². The van der Waals surface area contributed by atoms with Crippen LogP contribution in [0.15, 0.2) is 33.2 Å². The fourth-order valence-electron chi connectivity index (χ4n) is 1.56. The number of benzene rings is 1. The minimum Gasteiger partial charge on any atom is -0.458 e. The van der Waals surface area contributed by atoms with Crippen LogP contribution in [0.4, 0.5) is 0 Å². The second kappa shape index (κ2) is 4.84. The third kappa shape index (κ3) is 2.57. The van der Waals surface area contributed by atoms with E-state index in [4.69, 9.17) is 16.0 Å². The van der Waals surface area contributed by atoms with Crippen LogP contribution in [0.3, 0.4) is 0 Å². The molecule has 1 aromatic carbocycles. The lowest BCUT2D eigenvalue weighted by atomic mass is 10.1. The number of hydrogen-bond acceptors (Lipinski definition) is 2. The molecule has 1 unspecified atom stereocenters. The van der Waals surface area contributed by atoms with Crippen molar-refractivity contribution in [2.45, 2.75) is 20.0 Å². The molecule has 0 amide bonds. The molecule has 0 bridgehead atoms. The summed E-state index contributed by atoms with van der Waals surface area (Å²) in [6.07, 6.45) is -0.608. The highest BCUT2D eigenvalue weighted by atomic mass is 79.9. The van der Waals surface area contributed by atoms with E-state index in [1.807, 2.05) is 25.1 Å². The Bertz CT molecular complexity index is 546. The van der Waals surface area contributed by atoms with Gasteiger partial charge >= 0.3 is 0 Å². The maximum atomic E-state index is 9.42. The Morgan fingerprint density at radius 1 is 1.35 bits per heavy atom. The standard InChI is InChI=1S/C13H12BrClO2/c1-7-5-10(14)9(6-11(7)15)13-4-3-12(17-13)8(2)16/h3-6,8,16H,1-2H3. The van der Waals surface area contributed by atoms with Gasteiger partial charge in [0.2, 0.25) is 0 Å². The smallest absolute Gasteiger partial charge is 0.135 e. The molecule has 17 heavy (non-hydrogen) atoms. The summed E-state index contributed by atoms with van der Waals surface area (Å²) in [6, 6.07) is 7.39. The van der Waals surface area contributed by atoms with Crippen molar-refractivity contribution in [1.29, 1.82) is 0 Å². The number of aliphatic hydroxyl groups excluding tert-OH is 1. The van der Waals surface area contributed by atoms with Gasteiger partial charge in [-0.05, 0) is 43.7 Å². The average molecular weight is 316 g/mol. The molecular formula is C13H12BrClO2. The van der Waals surface area contributed by atoms with Gasteiger partial charge in [-0.2, -0.15) is 0 Å². The van der Waals surface area contributed by atoms with Gasteiger partial charge in [-0.15, -0.1) is 0 Å². The summed E-state index contributed by atoms with van der Waals surface area (Å²) < 4.78 is 6.49. The molecule has 0 saturated heterocycles. The van der Waals surface area contributed by atoms with Crippen molar-refractivity contribution in [2.24, 2.45) is 0 Å². The summed E-state index contributed by atoms with van der Waals surface area (Å²) in [5, 5.41) is 10.1. The van der Waals surface area contributed by atoms with Crippen LogP contribution in [-0.4, -0.2) is 5.11 Å². The van der Waals surface area contributed by atoms with Gasteiger partial charge in [0.25, 0.3) is 0 Å². The summed E-state index contributed by atoms with van der Waals surface area (Å²) in [6.45, 7) is 3.61. The van der Waals surface area contributed by atoms with Crippen molar-refractivity contribution in [3.8, 4) is 11.3 Å².